The molecule has 0 saturated carbocycles. The van der Waals surface area contributed by atoms with Gasteiger partial charge < -0.3 is 25.0 Å². The molecule has 2 bridgehead atoms. The largest absolute Gasteiger partial charge is 0.508 e. The summed E-state index contributed by atoms with van der Waals surface area (Å²) in [5, 5.41) is 15.3. The zero-order valence-corrected chi connectivity index (χ0v) is 23.2. The van der Waals surface area contributed by atoms with Crippen molar-refractivity contribution in [1.29, 1.82) is 0 Å². The van der Waals surface area contributed by atoms with Crippen molar-refractivity contribution < 1.29 is 18.6 Å². The Labute approximate surface area is 242 Å². The van der Waals surface area contributed by atoms with E-state index in [1.165, 1.54) is 6.07 Å². The van der Waals surface area contributed by atoms with Crippen molar-refractivity contribution in [3.63, 3.8) is 0 Å². The number of halogens is 2. The number of imidazole rings is 1. The number of hydrogen-bond donors (Lipinski definition) is 3. The Kier molecular flexibility index (Phi) is 5.85. The molecule has 4 aliphatic rings. The van der Waals surface area contributed by atoms with Gasteiger partial charge in [-0.25, -0.2) is 13.8 Å². The minimum atomic E-state index is -0.832. The van der Waals surface area contributed by atoms with E-state index in [1.54, 1.807) is 18.2 Å². The predicted molar refractivity (Wildman–Crippen MR) is 157 cm³/mol. The Balaban J connectivity index is 1.24. The maximum atomic E-state index is 14.8. The number of phenolic OH excluding ortho intramolecular Hbond substituents is 1. The number of fused-ring (bicyclic) bond motifs is 5. The fourth-order valence-electron chi connectivity index (χ4n) is 7.78. The van der Waals surface area contributed by atoms with Crippen LogP contribution in [0.3, 0.4) is 0 Å². The van der Waals surface area contributed by atoms with Gasteiger partial charge in [0.2, 0.25) is 5.88 Å². The number of pyridine rings is 1. The summed E-state index contributed by atoms with van der Waals surface area (Å²) in [6.07, 6.45) is 9.57. The normalized spacial score (nSPS) is 27.2. The average Bonchev–Trinajstić information content (AvgIpc) is 3.73. The minimum absolute atomic E-state index is 0.0247. The second-order valence-corrected chi connectivity index (χ2v) is 12.3. The number of rotatable bonds is 5. The number of phenols is 1. The number of hydrogen-bond acceptors (Lipinski definition) is 7. The second-order valence-electron chi connectivity index (χ2n) is 12.3. The van der Waals surface area contributed by atoms with Gasteiger partial charge in [-0.15, -0.1) is 6.42 Å². The molecule has 3 N–H and O–H groups in total. The molecule has 6 heterocycles. The predicted octanol–water partition coefficient (Wildman–Crippen LogP) is 4.50. The molecular formula is C32H32F2N6O2. The van der Waals surface area contributed by atoms with Gasteiger partial charge >= 0.3 is 0 Å². The van der Waals surface area contributed by atoms with Crippen LogP contribution in [0.15, 0.2) is 30.3 Å². The smallest absolute Gasteiger partial charge is 0.217 e. The van der Waals surface area contributed by atoms with Crippen molar-refractivity contribution in [3.8, 4) is 35.4 Å². The number of benzene rings is 2. The molecule has 0 spiro atoms. The molecule has 2 aromatic heterocycles. The first-order chi connectivity index (χ1) is 20.4. The summed E-state index contributed by atoms with van der Waals surface area (Å²) in [5.41, 5.74) is 1.70. The Morgan fingerprint density at radius 3 is 2.79 bits per heavy atom. The van der Waals surface area contributed by atoms with Crippen LogP contribution in [0.5, 0.6) is 11.6 Å². The third-order valence-electron chi connectivity index (χ3n) is 9.64. The molecule has 2 unspecified atom stereocenters. The summed E-state index contributed by atoms with van der Waals surface area (Å²) in [4.78, 5) is 17.8. The Morgan fingerprint density at radius 1 is 1.14 bits per heavy atom. The van der Waals surface area contributed by atoms with Crippen LogP contribution in [0, 0.1) is 18.2 Å². The van der Waals surface area contributed by atoms with Crippen LogP contribution in [0.1, 0.15) is 37.7 Å². The summed E-state index contributed by atoms with van der Waals surface area (Å²) in [5.74, 6) is 3.61. The van der Waals surface area contributed by atoms with Gasteiger partial charge in [-0.3, -0.25) is 4.90 Å². The molecule has 0 amide bonds. The lowest BCUT2D eigenvalue weighted by atomic mass is 9.95. The van der Waals surface area contributed by atoms with Gasteiger partial charge in [-0.2, -0.15) is 4.98 Å². The number of aromatic amines is 1. The van der Waals surface area contributed by atoms with E-state index in [1.807, 2.05) is 6.07 Å². The van der Waals surface area contributed by atoms with E-state index in [0.29, 0.717) is 76.5 Å². The number of nitrogens with zero attached hydrogens (tertiary/aromatic N) is 4. The summed E-state index contributed by atoms with van der Waals surface area (Å²) < 4.78 is 35.6. The molecule has 216 valence electrons. The second kappa shape index (κ2) is 9.54. The van der Waals surface area contributed by atoms with E-state index in [0.717, 1.165) is 45.3 Å². The van der Waals surface area contributed by atoms with E-state index < -0.39 is 12.0 Å². The number of H-pyrrole nitrogens is 1. The van der Waals surface area contributed by atoms with E-state index >= 15 is 0 Å². The number of aromatic nitrogens is 3. The highest BCUT2D eigenvalue weighted by Gasteiger charge is 2.49. The fraction of sp³-hybridized carbons (Fsp3) is 0.438. The number of alkyl halides is 1. The number of terminal acetylenes is 1. The Morgan fingerprint density at radius 2 is 1.98 bits per heavy atom. The van der Waals surface area contributed by atoms with Crippen molar-refractivity contribution in [2.24, 2.45) is 0 Å². The molecule has 4 atom stereocenters. The minimum Gasteiger partial charge on any atom is -0.508 e. The molecule has 10 heteroatoms. The van der Waals surface area contributed by atoms with Gasteiger partial charge in [0.05, 0.1) is 16.6 Å². The highest BCUT2D eigenvalue weighted by molar-refractivity contribution is 6.02. The zero-order chi connectivity index (χ0) is 28.6. The van der Waals surface area contributed by atoms with Gasteiger partial charge in [0.25, 0.3) is 0 Å². The summed E-state index contributed by atoms with van der Waals surface area (Å²) in [7, 11) is 0. The first kappa shape index (κ1) is 25.7. The topological polar surface area (TPSA) is 89.5 Å². The molecule has 4 aromatic rings. The monoisotopic (exact) mass is 570 g/mol. The molecule has 2 aromatic carbocycles. The molecule has 4 fully saturated rings. The number of ether oxygens (including phenoxy) is 1. The lowest BCUT2D eigenvalue weighted by Gasteiger charge is -2.34. The highest BCUT2D eigenvalue weighted by atomic mass is 19.1. The van der Waals surface area contributed by atoms with E-state index in [9.17, 15) is 13.9 Å². The molecule has 42 heavy (non-hydrogen) atoms. The van der Waals surface area contributed by atoms with Crippen LogP contribution in [-0.4, -0.2) is 81.5 Å². The van der Waals surface area contributed by atoms with Crippen LogP contribution >= 0.6 is 0 Å². The van der Waals surface area contributed by atoms with E-state index in [2.05, 4.69) is 26.0 Å². The molecule has 0 aliphatic carbocycles. The van der Waals surface area contributed by atoms with Crippen molar-refractivity contribution in [2.75, 3.05) is 37.7 Å². The maximum absolute atomic E-state index is 14.8. The van der Waals surface area contributed by atoms with Crippen LogP contribution in [0.2, 0.25) is 0 Å². The van der Waals surface area contributed by atoms with Gasteiger partial charge in [0, 0.05) is 55.2 Å². The standard InChI is InChI=1S/C32H32F2N6O2/c1-2-23-25(34)7-4-18-10-22(41)11-24(28(18)23)30-36-26-12-27(42-17-32-8-3-9-40(32)14-19(33)13-32)37-31(29(26)38-30)39-15-20-5-6-21(16-39)35-20/h1,4,7,10-12,19-21,35,41H,3,5-6,8-9,13-17H2,(H,36,38)/t19-,20?,21?,32+/m1/s1. The third kappa shape index (κ3) is 4.09. The Bertz CT molecular complexity index is 1760. The number of aromatic hydroxyl groups is 1. The summed E-state index contributed by atoms with van der Waals surface area (Å²) >= 11 is 0. The van der Waals surface area contributed by atoms with Gasteiger partial charge in [0.1, 0.15) is 35.7 Å². The van der Waals surface area contributed by atoms with Crippen LogP contribution in [0.25, 0.3) is 33.2 Å². The molecule has 4 aliphatic heterocycles. The molecule has 0 radical (unpaired) electrons. The van der Waals surface area contributed by atoms with Crippen LogP contribution < -0.4 is 15.0 Å². The van der Waals surface area contributed by atoms with E-state index in [-0.39, 0.29) is 16.9 Å². The Hall–Kier alpha value is -3.94. The van der Waals surface area contributed by atoms with Gasteiger partial charge in [-0.05, 0) is 55.8 Å². The summed E-state index contributed by atoms with van der Waals surface area (Å²) in [6.45, 7) is 3.33. The van der Waals surface area contributed by atoms with Crippen molar-refractivity contribution in [2.45, 2.75) is 55.9 Å². The highest BCUT2D eigenvalue weighted by Crippen LogP contribution is 2.41. The number of anilines is 1. The van der Waals surface area contributed by atoms with E-state index in [4.69, 9.17) is 21.1 Å². The molecular weight excluding hydrogens is 538 g/mol. The van der Waals surface area contributed by atoms with Gasteiger partial charge in [-0.1, -0.05) is 12.0 Å². The van der Waals surface area contributed by atoms with Crippen molar-refractivity contribution >= 4 is 27.6 Å². The lowest BCUT2D eigenvalue weighted by Crippen LogP contribution is -2.51. The molecule has 8 rings (SSSR count). The first-order valence-corrected chi connectivity index (χ1v) is 14.7. The number of piperazine rings is 1. The maximum Gasteiger partial charge on any atom is 0.217 e. The fourth-order valence-corrected chi connectivity index (χ4v) is 7.78. The average molecular weight is 571 g/mol. The quantitative estimate of drug-likeness (QED) is 0.305. The zero-order valence-electron chi connectivity index (χ0n) is 23.2. The van der Waals surface area contributed by atoms with Crippen molar-refractivity contribution in [1.82, 2.24) is 25.2 Å². The SMILES string of the molecule is C#Cc1c(F)ccc2cc(O)cc(-c3nc4c(N5CC6CCC(C5)N6)nc(OC[C@@]56CCCN5C[C@H](F)C6)cc4[nH]3)c12. The van der Waals surface area contributed by atoms with Crippen molar-refractivity contribution in [3.05, 3.63) is 41.7 Å². The first-order valence-electron chi connectivity index (χ1n) is 14.7. The lowest BCUT2D eigenvalue weighted by molar-refractivity contribution is 0.111. The number of nitrogens with one attached hydrogen (secondary N) is 2. The molecule has 8 nitrogen and oxygen atoms in total. The van der Waals surface area contributed by atoms with Crippen LogP contribution in [0.4, 0.5) is 14.6 Å². The molecule has 4 saturated heterocycles. The van der Waals surface area contributed by atoms with Gasteiger partial charge in [0.15, 0.2) is 5.82 Å². The summed E-state index contributed by atoms with van der Waals surface area (Å²) in [6, 6.07) is 8.62. The van der Waals surface area contributed by atoms with Crippen LogP contribution in [-0.2, 0) is 0 Å². The third-order valence-corrected chi connectivity index (χ3v) is 9.64.